The maximum Gasteiger partial charge on any atom is 0.279 e. The molecule has 132 valence electrons. The van der Waals surface area contributed by atoms with Crippen molar-refractivity contribution >= 4 is 23.4 Å². The third kappa shape index (κ3) is 3.16. The highest BCUT2D eigenvalue weighted by Gasteiger charge is 2.52. The van der Waals surface area contributed by atoms with Crippen LogP contribution in [0.4, 0.5) is 0 Å². The van der Waals surface area contributed by atoms with Crippen molar-refractivity contribution in [3.63, 3.8) is 0 Å². The summed E-state index contributed by atoms with van der Waals surface area (Å²) in [6.07, 6.45) is 9.58. The SMILES string of the molecule is O=C(NC1CCCCC1)C1C(=O)N(C2CCCCC2)C(=O)/C1=N\O. The number of imide groups is 1. The van der Waals surface area contributed by atoms with Gasteiger partial charge in [0, 0.05) is 12.1 Å². The predicted molar refractivity (Wildman–Crippen MR) is 86.5 cm³/mol. The van der Waals surface area contributed by atoms with E-state index in [2.05, 4.69) is 10.5 Å². The van der Waals surface area contributed by atoms with Crippen molar-refractivity contribution in [3.05, 3.63) is 0 Å². The Labute approximate surface area is 141 Å². The molecule has 3 aliphatic rings. The Morgan fingerprint density at radius 1 is 1.00 bits per heavy atom. The van der Waals surface area contributed by atoms with Gasteiger partial charge in [0.25, 0.3) is 5.91 Å². The van der Waals surface area contributed by atoms with Crippen LogP contribution < -0.4 is 5.32 Å². The van der Waals surface area contributed by atoms with E-state index >= 15 is 0 Å². The number of nitrogens with zero attached hydrogens (tertiary/aromatic N) is 2. The lowest BCUT2D eigenvalue weighted by molar-refractivity contribution is -0.144. The molecule has 2 aliphatic carbocycles. The monoisotopic (exact) mass is 335 g/mol. The quantitative estimate of drug-likeness (QED) is 0.354. The van der Waals surface area contributed by atoms with Gasteiger partial charge < -0.3 is 10.5 Å². The van der Waals surface area contributed by atoms with Crippen LogP contribution in [0.2, 0.25) is 0 Å². The average molecular weight is 335 g/mol. The van der Waals surface area contributed by atoms with Gasteiger partial charge in [-0.3, -0.25) is 19.3 Å². The van der Waals surface area contributed by atoms with Crippen molar-refractivity contribution in [3.8, 4) is 0 Å². The minimum Gasteiger partial charge on any atom is -0.410 e. The molecule has 3 amide bonds. The first kappa shape index (κ1) is 16.9. The number of carbonyl (C=O) groups is 3. The summed E-state index contributed by atoms with van der Waals surface area (Å²) in [5, 5.41) is 15.1. The molecule has 7 heteroatoms. The molecule has 1 aliphatic heterocycles. The van der Waals surface area contributed by atoms with Crippen molar-refractivity contribution in [2.45, 2.75) is 76.3 Å². The Balaban J connectivity index is 1.74. The molecule has 1 unspecified atom stereocenters. The van der Waals surface area contributed by atoms with Gasteiger partial charge in [-0.15, -0.1) is 0 Å². The van der Waals surface area contributed by atoms with Gasteiger partial charge in [-0.05, 0) is 25.7 Å². The minimum atomic E-state index is -1.30. The van der Waals surface area contributed by atoms with E-state index in [1.54, 1.807) is 0 Å². The van der Waals surface area contributed by atoms with Gasteiger partial charge in [0.1, 0.15) is 0 Å². The summed E-state index contributed by atoms with van der Waals surface area (Å²) in [6, 6.07) is -0.138. The van der Waals surface area contributed by atoms with Gasteiger partial charge in [0.15, 0.2) is 11.6 Å². The maximum absolute atomic E-state index is 12.7. The first-order valence-corrected chi connectivity index (χ1v) is 9.03. The standard InChI is InChI=1S/C17H25N3O4/c21-15(18-11-7-3-1-4-8-11)13-14(19-24)17(23)20(16(13)22)12-9-5-2-6-10-12/h11-13,24H,1-10H2,(H,18,21)/b19-14-. The van der Waals surface area contributed by atoms with Crippen LogP contribution in [0.3, 0.4) is 0 Å². The number of rotatable bonds is 3. The fourth-order valence-electron chi connectivity index (χ4n) is 4.16. The summed E-state index contributed by atoms with van der Waals surface area (Å²) in [7, 11) is 0. The van der Waals surface area contributed by atoms with Crippen LogP contribution in [-0.2, 0) is 14.4 Å². The molecule has 0 radical (unpaired) electrons. The molecule has 1 heterocycles. The lowest BCUT2D eigenvalue weighted by Crippen LogP contribution is -2.45. The van der Waals surface area contributed by atoms with E-state index in [0.29, 0.717) is 0 Å². The third-order valence-corrected chi connectivity index (χ3v) is 5.46. The number of hydrogen-bond acceptors (Lipinski definition) is 5. The molecule has 3 rings (SSSR count). The topological polar surface area (TPSA) is 99.1 Å². The molecule has 1 atom stereocenters. The van der Waals surface area contributed by atoms with Gasteiger partial charge in [-0.25, -0.2) is 0 Å². The lowest BCUT2D eigenvalue weighted by atomic mass is 9.94. The summed E-state index contributed by atoms with van der Waals surface area (Å²) in [6.45, 7) is 0. The number of nitrogens with one attached hydrogen (secondary N) is 1. The molecule has 1 saturated heterocycles. The highest BCUT2D eigenvalue weighted by Crippen LogP contribution is 2.29. The zero-order valence-corrected chi connectivity index (χ0v) is 13.9. The molecule has 0 aromatic heterocycles. The van der Waals surface area contributed by atoms with Crippen LogP contribution in [0, 0.1) is 5.92 Å². The average Bonchev–Trinajstić information content (AvgIpc) is 2.86. The van der Waals surface area contributed by atoms with Crippen molar-refractivity contribution in [2.24, 2.45) is 11.1 Å². The molecule has 0 spiro atoms. The Morgan fingerprint density at radius 3 is 2.17 bits per heavy atom. The van der Waals surface area contributed by atoms with E-state index in [4.69, 9.17) is 0 Å². The van der Waals surface area contributed by atoms with Crippen molar-refractivity contribution in [2.75, 3.05) is 0 Å². The second-order valence-corrected chi connectivity index (χ2v) is 7.07. The molecule has 24 heavy (non-hydrogen) atoms. The molecular formula is C17H25N3O4. The fourth-order valence-corrected chi connectivity index (χ4v) is 4.16. The smallest absolute Gasteiger partial charge is 0.279 e. The highest BCUT2D eigenvalue weighted by atomic mass is 16.4. The number of hydrogen-bond donors (Lipinski definition) is 2. The molecule has 0 aromatic rings. The Bertz CT molecular complexity index is 548. The minimum absolute atomic E-state index is 0.0397. The van der Waals surface area contributed by atoms with Crippen molar-refractivity contribution < 1.29 is 19.6 Å². The first-order valence-electron chi connectivity index (χ1n) is 9.03. The summed E-state index contributed by atoms with van der Waals surface area (Å²) >= 11 is 0. The van der Waals surface area contributed by atoms with E-state index in [1.165, 1.54) is 4.90 Å². The molecule has 2 saturated carbocycles. The number of oxime groups is 1. The van der Waals surface area contributed by atoms with Crippen LogP contribution in [0.25, 0.3) is 0 Å². The summed E-state index contributed by atoms with van der Waals surface area (Å²) < 4.78 is 0. The molecule has 7 nitrogen and oxygen atoms in total. The highest BCUT2D eigenvalue weighted by molar-refractivity contribution is 6.54. The van der Waals surface area contributed by atoms with Gasteiger partial charge in [-0.1, -0.05) is 43.7 Å². The van der Waals surface area contributed by atoms with Crippen LogP contribution in [0.1, 0.15) is 64.2 Å². The normalized spacial score (nSPS) is 28.6. The summed E-state index contributed by atoms with van der Waals surface area (Å²) in [5.74, 6) is -2.95. The number of carbonyl (C=O) groups excluding carboxylic acids is 3. The van der Waals surface area contributed by atoms with E-state index in [-0.39, 0.29) is 17.8 Å². The van der Waals surface area contributed by atoms with E-state index in [1.807, 2.05) is 0 Å². The predicted octanol–water partition coefficient (Wildman–Crippen LogP) is 1.58. The lowest BCUT2D eigenvalue weighted by Gasteiger charge is -2.29. The zero-order chi connectivity index (χ0) is 17.1. The van der Waals surface area contributed by atoms with E-state index in [9.17, 15) is 19.6 Å². The zero-order valence-electron chi connectivity index (χ0n) is 13.9. The molecule has 0 aromatic carbocycles. The molecule has 0 bridgehead atoms. The van der Waals surface area contributed by atoms with Gasteiger partial charge >= 0.3 is 0 Å². The third-order valence-electron chi connectivity index (χ3n) is 5.46. The second kappa shape index (κ2) is 7.32. The fraction of sp³-hybridized carbons (Fsp3) is 0.765. The van der Waals surface area contributed by atoms with Crippen molar-refractivity contribution in [1.29, 1.82) is 0 Å². The van der Waals surface area contributed by atoms with Gasteiger partial charge in [-0.2, -0.15) is 0 Å². The number of amides is 3. The Kier molecular flexibility index (Phi) is 5.16. The summed E-state index contributed by atoms with van der Waals surface area (Å²) in [4.78, 5) is 38.9. The van der Waals surface area contributed by atoms with Crippen LogP contribution in [-0.4, -0.2) is 45.6 Å². The van der Waals surface area contributed by atoms with Gasteiger partial charge in [0.2, 0.25) is 11.8 Å². The Morgan fingerprint density at radius 2 is 1.58 bits per heavy atom. The van der Waals surface area contributed by atoms with Crippen LogP contribution in [0.15, 0.2) is 5.16 Å². The molecular weight excluding hydrogens is 310 g/mol. The van der Waals surface area contributed by atoms with Crippen molar-refractivity contribution in [1.82, 2.24) is 10.2 Å². The maximum atomic E-state index is 12.7. The first-order chi connectivity index (χ1) is 11.6. The van der Waals surface area contributed by atoms with E-state index < -0.39 is 23.6 Å². The van der Waals surface area contributed by atoms with Crippen LogP contribution in [0.5, 0.6) is 0 Å². The van der Waals surface area contributed by atoms with Gasteiger partial charge in [0.05, 0.1) is 0 Å². The summed E-state index contributed by atoms with van der Waals surface area (Å²) in [5.41, 5.74) is -0.334. The number of likely N-dealkylation sites (tertiary alicyclic amines) is 1. The van der Waals surface area contributed by atoms with Crippen LogP contribution >= 0.6 is 0 Å². The molecule has 2 N–H and O–H groups in total. The van der Waals surface area contributed by atoms with E-state index in [0.717, 1.165) is 64.2 Å². The second-order valence-electron chi connectivity index (χ2n) is 7.07. The Hall–Kier alpha value is -1.92. The largest absolute Gasteiger partial charge is 0.410 e. The molecule has 3 fully saturated rings.